The molecule has 1 heterocycles. The van der Waals surface area contributed by atoms with Crippen molar-refractivity contribution in [2.75, 3.05) is 7.11 Å². The molecule has 0 aliphatic heterocycles. The van der Waals surface area contributed by atoms with Crippen LogP contribution in [-0.2, 0) is 9.80 Å². The van der Waals surface area contributed by atoms with E-state index in [0.717, 1.165) is 10.9 Å². The minimum absolute atomic E-state index is 0.536. The quantitative estimate of drug-likeness (QED) is 0.677. The van der Waals surface area contributed by atoms with Crippen molar-refractivity contribution in [2.45, 2.75) is 12.0 Å². The lowest BCUT2D eigenvalue weighted by atomic mass is 9.99. The van der Waals surface area contributed by atoms with E-state index in [1.54, 1.807) is 7.11 Å². The van der Waals surface area contributed by atoms with Gasteiger partial charge in [0.1, 0.15) is 12.0 Å². The molecule has 4 heteroatoms. The normalized spacial score (nSPS) is 14.3. The Morgan fingerprint density at radius 3 is 2.80 bits per heavy atom. The van der Waals surface area contributed by atoms with Gasteiger partial charge in [0.2, 0.25) is 5.06 Å². The number of aromatic nitrogens is 1. The van der Waals surface area contributed by atoms with Crippen LogP contribution in [0.2, 0.25) is 0 Å². The summed E-state index contributed by atoms with van der Waals surface area (Å²) in [5.41, 5.74) is 2.59. The maximum absolute atomic E-state index is 6.61. The summed E-state index contributed by atoms with van der Waals surface area (Å²) in [5.74, 6) is 0. The molecule has 1 atom stereocenters. The van der Waals surface area contributed by atoms with Crippen LogP contribution in [0.5, 0.6) is 0 Å². The fourth-order valence-electron chi connectivity index (χ4n) is 2.39. The van der Waals surface area contributed by atoms with Crippen molar-refractivity contribution >= 4 is 22.4 Å². The number of benzene rings is 2. The van der Waals surface area contributed by atoms with Crippen LogP contribution in [0.25, 0.3) is 10.8 Å². The first-order valence-electron chi connectivity index (χ1n) is 6.28. The average molecular weight is 288 g/mol. The van der Waals surface area contributed by atoms with E-state index in [1.165, 1.54) is 23.6 Å². The number of oxazole rings is 1. The van der Waals surface area contributed by atoms with Gasteiger partial charge < -0.3 is 9.15 Å². The fraction of sp³-hybridized carbons (Fsp3) is 0.188. The fourth-order valence-corrected chi connectivity index (χ4v) is 2.60. The molecule has 0 aliphatic carbocycles. The first kappa shape index (κ1) is 13.2. The number of hydrogen-bond donors (Lipinski definition) is 0. The Bertz CT molecular complexity index is 739. The number of ether oxygens (including phenoxy) is 1. The van der Waals surface area contributed by atoms with Crippen molar-refractivity contribution in [2.24, 2.45) is 0 Å². The summed E-state index contributed by atoms with van der Waals surface area (Å²) >= 11 is 6.61. The van der Waals surface area contributed by atoms with Gasteiger partial charge in [0, 0.05) is 12.7 Å². The molecule has 0 N–H and O–H groups in total. The highest BCUT2D eigenvalue weighted by molar-refractivity contribution is 6.24. The summed E-state index contributed by atoms with van der Waals surface area (Å²) in [6.07, 6.45) is 2.84. The number of aryl methyl sites for hydroxylation is 1. The van der Waals surface area contributed by atoms with Crippen LogP contribution >= 0.6 is 11.6 Å². The maximum atomic E-state index is 6.61. The van der Waals surface area contributed by atoms with E-state index in [9.17, 15) is 0 Å². The Hall–Kier alpha value is -1.84. The van der Waals surface area contributed by atoms with Crippen molar-refractivity contribution < 1.29 is 9.15 Å². The SMILES string of the molecule is COC(Cl)(c1ccc2c(C)cccc2c1)c1cocn1. The lowest BCUT2D eigenvalue weighted by Gasteiger charge is -2.24. The molecule has 0 bridgehead atoms. The van der Waals surface area contributed by atoms with Gasteiger partial charge >= 0.3 is 0 Å². The predicted molar refractivity (Wildman–Crippen MR) is 78.8 cm³/mol. The first-order chi connectivity index (χ1) is 9.65. The van der Waals surface area contributed by atoms with Gasteiger partial charge in [0.25, 0.3) is 0 Å². The van der Waals surface area contributed by atoms with E-state index in [0.29, 0.717) is 5.69 Å². The second kappa shape index (κ2) is 4.93. The number of alkyl halides is 1. The summed E-state index contributed by atoms with van der Waals surface area (Å²) in [6, 6.07) is 12.2. The molecule has 3 rings (SSSR count). The van der Waals surface area contributed by atoms with Crippen molar-refractivity contribution in [3.63, 3.8) is 0 Å². The van der Waals surface area contributed by atoms with Crippen LogP contribution in [0.15, 0.2) is 53.5 Å². The highest BCUT2D eigenvalue weighted by Gasteiger charge is 2.34. The van der Waals surface area contributed by atoms with Gasteiger partial charge in [0.05, 0.1) is 0 Å². The van der Waals surface area contributed by atoms with Gasteiger partial charge in [-0.25, -0.2) is 4.98 Å². The van der Waals surface area contributed by atoms with Crippen LogP contribution in [0, 0.1) is 6.92 Å². The van der Waals surface area contributed by atoms with Crippen LogP contribution in [-0.4, -0.2) is 12.1 Å². The van der Waals surface area contributed by atoms with E-state index in [-0.39, 0.29) is 0 Å². The molecule has 0 saturated carbocycles. The smallest absolute Gasteiger partial charge is 0.213 e. The van der Waals surface area contributed by atoms with E-state index >= 15 is 0 Å². The molecule has 0 aliphatic rings. The minimum atomic E-state index is -1.13. The Kier molecular flexibility index (Phi) is 3.24. The third kappa shape index (κ3) is 1.99. The topological polar surface area (TPSA) is 35.3 Å². The molecule has 3 aromatic rings. The van der Waals surface area contributed by atoms with E-state index in [2.05, 4.69) is 30.1 Å². The molecule has 0 saturated heterocycles. The van der Waals surface area contributed by atoms with E-state index < -0.39 is 5.06 Å². The zero-order chi connectivity index (χ0) is 14.2. The van der Waals surface area contributed by atoms with E-state index in [1.807, 2.05) is 18.2 Å². The van der Waals surface area contributed by atoms with Gasteiger partial charge in [-0.05, 0) is 29.3 Å². The van der Waals surface area contributed by atoms with Gasteiger partial charge in [-0.15, -0.1) is 0 Å². The molecule has 1 unspecified atom stereocenters. The third-order valence-electron chi connectivity index (χ3n) is 3.51. The molecule has 20 heavy (non-hydrogen) atoms. The largest absolute Gasteiger partial charge is 0.451 e. The second-order valence-electron chi connectivity index (χ2n) is 4.68. The van der Waals surface area contributed by atoms with Crippen molar-refractivity contribution in [1.29, 1.82) is 0 Å². The molecule has 0 radical (unpaired) electrons. The Labute approximate surface area is 122 Å². The average Bonchev–Trinajstić information content (AvgIpc) is 3.01. The number of nitrogens with zero attached hydrogens (tertiary/aromatic N) is 1. The van der Waals surface area contributed by atoms with Gasteiger partial charge in [-0.2, -0.15) is 0 Å². The van der Waals surface area contributed by atoms with Crippen LogP contribution in [0.4, 0.5) is 0 Å². The lowest BCUT2D eigenvalue weighted by Crippen LogP contribution is -2.23. The number of rotatable bonds is 3. The number of methoxy groups -OCH3 is 1. The Morgan fingerprint density at radius 1 is 1.25 bits per heavy atom. The molecule has 3 nitrogen and oxygen atoms in total. The molecule has 0 spiro atoms. The maximum Gasteiger partial charge on any atom is 0.213 e. The Balaban J connectivity index is 2.18. The first-order valence-corrected chi connectivity index (χ1v) is 6.65. The molecule has 1 aromatic heterocycles. The van der Waals surface area contributed by atoms with Crippen molar-refractivity contribution in [1.82, 2.24) is 4.98 Å². The molecular formula is C16H14ClNO2. The highest BCUT2D eigenvalue weighted by Crippen LogP contribution is 2.37. The monoisotopic (exact) mass is 287 g/mol. The summed E-state index contributed by atoms with van der Waals surface area (Å²) in [6.45, 7) is 2.09. The van der Waals surface area contributed by atoms with Crippen LogP contribution < -0.4 is 0 Å². The third-order valence-corrected chi connectivity index (χ3v) is 4.08. The number of fused-ring (bicyclic) bond motifs is 1. The van der Waals surface area contributed by atoms with Gasteiger partial charge in [0.15, 0.2) is 6.39 Å². The van der Waals surface area contributed by atoms with Crippen LogP contribution in [0.1, 0.15) is 16.8 Å². The van der Waals surface area contributed by atoms with Crippen molar-refractivity contribution in [3.05, 3.63) is 65.9 Å². The molecule has 0 amide bonds. The Morgan fingerprint density at radius 2 is 2.10 bits per heavy atom. The van der Waals surface area contributed by atoms with Gasteiger partial charge in [-0.1, -0.05) is 41.9 Å². The number of hydrogen-bond acceptors (Lipinski definition) is 3. The second-order valence-corrected chi connectivity index (χ2v) is 5.22. The molecule has 0 fully saturated rings. The zero-order valence-electron chi connectivity index (χ0n) is 11.3. The lowest BCUT2D eigenvalue weighted by molar-refractivity contribution is 0.0933. The minimum Gasteiger partial charge on any atom is -0.451 e. The van der Waals surface area contributed by atoms with E-state index in [4.69, 9.17) is 20.8 Å². The summed E-state index contributed by atoms with van der Waals surface area (Å²) in [7, 11) is 1.56. The molecule has 2 aromatic carbocycles. The molecule has 102 valence electrons. The summed E-state index contributed by atoms with van der Waals surface area (Å²) in [4.78, 5) is 4.11. The predicted octanol–water partition coefficient (Wildman–Crippen LogP) is 4.22. The highest BCUT2D eigenvalue weighted by atomic mass is 35.5. The summed E-state index contributed by atoms with van der Waals surface area (Å²) < 4.78 is 10.5. The van der Waals surface area contributed by atoms with Gasteiger partial charge in [-0.3, -0.25) is 0 Å². The standard InChI is InChI=1S/C16H14ClNO2/c1-11-4-3-5-12-8-13(6-7-14(11)12)16(17,19-2)15-9-20-10-18-15/h3-10H,1-2H3. The summed E-state index contributed by atoms with van der Waals surface area (Å²) in [5, 5.41) is 1.19. The number of halogens is 1. The van der Waals surface area contributed by atoms with Crippen LogP contribution in [0.3, 0.4) is 0 Å². The zero-order valence-corrected chi connectivity index (χ0v) is 12.0. The molecular weight excluding hydrogens is 274 g/mol. The van der Waals surface area contributed by atoms with Crippen molar-refractivity contribution in [3.8, 4) is 0 Å².